The molecule has 1 aromatic carbocycles. The molecule has 106 valence electrons. The van der Waals surface area contributed by atoms with Gasteiger partial charge in [-0.15, -0.1) is 0 Å². The number of nitrogen functional groups attached to an aromatic ring is 1. The summed E-state index contributed by atoms with van der Waals surface area (Å²) in [6.45, 7) is 1.67. The van der Waals surface area contributed by atoms with E-state index < -0.39 is 21.8 Å². The Kier molecular flexibility index (Phi) is 4.65. The van der Waals surface area contributed by atoms with Crippen molar-refractivity contribution in [1.82, 2.24) is 0 Å². The standard InChI is InChI=1S/C11H16ClN3O3S/c1-6(5-19(2,17)18)15-10-8(11(14)16)3-7(13)4-9(10)12/h3-4,6,15H,5,13H2,1-2H3,(H2,14,16). The van der Waals surface area contributed by atoms with Crippen molar-refractivity contribution >= 4 is 38.7 Å². The Morgan fingerprint density at radius 2 is 2.05 bits per heavy atom. The Bertz CT molecular complexity index is 601. The summed E-state index contributed by atoms with van der Waals surface area (Å²) >= 11 is 5.99. The zero-order valence-corrected chi connectivity index (χ0v) is 12.2. The topological polar surface area (TPSA) is 115 Å². The molecule has 0 aromatic heterocycles. The van der Waals surface area contributed by atoms with Gasteiger partial charge < -0.3 is 16.8 Å². The molecule has 1 aromatic rings. The van der Waals surface area contributed by atoms with Gasteiger partial charge in [0.05, 0.1) is 22.0 Å². The van der Waals surface area contributed by atoms with Crippen molar-refractivity contribution in [3.05, 3.63) is 22.7 Å². The van der Waals surface area contributed by atoms with Crippen LogP contribution >= 0.6 is 11.6 Å². The maximum absolute atomic E-state index is 11.3. The lowest BCUT2D eigenvalue weighted by Gasteiger charge is -2.18. The number of primary amides is 1. The lowest BCUT2D eigenvalue weighted by Crippen LogP contribution is -2.27. The van der Waals surface area contributed by atoms with Gasteiger partial charge in [-0.05, 0) is 19.1 Å². The Hall–Kier alpha value is -1.47. The van der Waals surface area contributed by atoms with Crippen molar-refractivity contribution < 1.29 is 13.2 Å². The first kappa shape index (κ1) is 15.6. The number of hydrogen-bond acceptors (Lipinski definition) is 5. The van der Waals surface area contributed by atoms with Gasteiger partial charge in [0.15, 0.2) is 0 Å². The van der Waals surface area contributed by atoms with Crippen LogP contribution in [0.25, 0.3) is 0 Å². The fourth-order valence-corrected chi connectivity index (χ4v) is 2.98. The van der Waals surface area contributed by atoms with Gasteiger partial charge in [-0.2, -0.15) is 0 Å². The molecule has 5 N–H and O–H groups in total. The molecule has 0 fully saturated rings. The minimum atomic E-state index is -3.14. The first-order valence-corrected chi connectivity index (χ1v) is 7.87. The average molecular weight is 306 g/mol. The molecular weight excluding hydrogens is 290 g/mol. The van der Waals surface area contributed by atoms with E-state index in [4.69, 9.17) is 23.1 Å². The molecule has 0 aliphatic heterocycles. The number of amides is 1. The van der Waals surface area contributed by atoms with E-state index in [1.165, 1.54) is 12.1 Å². The Labute approximate surface area is 117 Å². The third-order valence-electron chi connectivity index (χ3n) is 2.32. The predicted molar refractivity (Wildman–Crippen MR) is 77.2 cm³/mol. The second-order valence-corrected chi connectivity index (χ2v) is 7.02. The van der Waals surface area contributed by atoms with Crippen LogP contribution in [0, 0.1) is 0 Å². The molecule has 0 heterocycles. The molecule has 0 aliphatic carbocycles. The van der Waals surface area contributed by atoms with E-state index in [-0.39, 0.29) is 16.3 Å². The minimum Gasteiger partial charge on any atom is -0.399 e. The van der Waals surface area contributed by atoms with E-state index in [0.29, 0.717) is 11.4 Å². The Morgan fingerprint density at radius 3 is 2.53 bits per heavy atom. The van der Waals surface area contributed by atoms with E-state index in [2.05, 4.69) is 5.32 Å². The second kappa shape index (κ2) is 5.66. The number of rotatable bonds is 5. The zero-order chi connectivity index (χ0) is 14.8. The molecule has 8 heteroatoms. The monoisotopic (exact) mass is 305 g/mol. The maximum atomic E-state index is 11.3. The molecule has 0 saturated heterocycles. The van der Waals surface area contributed by atoms with Crippen LogP contribution in [0.4, 0.5) is 11.4 Å². The highest BCUT2D eigenvalue weighted by atomic mass is 35.5. The number of hydrogen-bond donors (Lipinski definition) is 3. The average Bonchev–Trinajstić information content (AvgIpc) is 2.18. The van der Waals surface area contributed by atoms with Gasteiger partial charge in [-0.1, -0.05) is 11.6 Å². The number of carbonyl (C=O) groups is 1. The van der Waals surface area contributed by atoms with Crippen LogP contribution in [0.2, 0.25) is 5.02 Å². The van der Waals surface area contributed by atoms with E-state index in [9.17, 15) is 13.2 Å². The van der Waals surface area contributed by atoms with Crippen LogP contribution in [0.5, 0.6) is 0 Å². The van der Waals surface area contributed by atoms with Crippen LogP contribution in [-0.4, -0.2) is 32.4 Å². The number of nitrogens with two attached hydrogens (primary N) is 2. The molecule has 0 saturated carbocycles. The third-order valence-corrected chi connectivity index (χ3v) is 3.73. The SMILES string of the molecule is CC(CS(C)(=O)=O)Nc1c(Cl)cc(N)cc1C(N)=O. The summed E-state index contributed by atoms with van der Waals surface area (Å²) in [5, 5.41) is 3.09. The molecule has 1 atom stereocenters. The molecule has 1 rings (SSSR count). The van der Waals surface area contributed by atoms with E-state index in [1.54, 1.807) is 6.92 Å². The van der Waals surface area contributed by atoms with Crippen LogP contribution in [0.3, 0.4) is 0 Å². The number of sulfone groups is 1. The molecule has 0 spiro atoms. The van der Waals surface area contributed by atoms with Crippen molar-refractivity contribution in [2.75, 3.05) is 23.1 Å². The van der Waals surface area contributed by atoms with Crippen LogP contribution < -0.4 is 16.8 Å². The zero-order valence-electron chi connectivity index (χ0n) is 10.6. The lowest BCUT2D eigenvalue weighted by atomic mass is 10.1. The molecule has 0 aliphatic rings. The smallest absolute Gasteiger partial charge is 0.250 e. The Balaban J connectivity index is 3.10. The van der Waals surface area contributed by atoms with E-state index in [0.717, 1.165) is 6.26 Å². The summed E-state index contributed by atoms with van der Waals surface area (Å²) in [7, 11) is -3.14. The first-order valence-electron chi connectivity index (χ1n) is 5.43. The molecule has 1 amide bonds. The lowest BCUT2D eigenvalue weighted by molar-refractivity contribution is 0.100. The Morgan fingerprint density at radius 1 is 1.47 bits per heavy atom. The quantitative estimate of drug-likeness (QED) is 0.698. The third kappa shape index (κ3) is 4.60. The highest BCUT2D eigenvalue weighted by molar-refractivity contribution is 7.90. The van der Waals surface area contributed by atoms with Gasteiger partial charge in [-0.3, -0.25) is 4.79 Å². The number of halogens is 1. The van der Waals surface area contributed by atoms with Gasteiger partial charge in [0.25, 0.3) is 5.91 Å². The van der Waals surface area contributed by atoms with Gasteiger partial charge >= 0.3 is 0 Å². The summed E-state index contributed by atoms with van der Waals surface area (Å²) in [4.78, 5) is 11.3. The first-order chi connectivity index (χ1) is 8.60. The maximum Gasteiger partial charge on any atom is 0.250 e. The van der Waals surface area contributed by atoms with E-state index >= 15 is 0 Å². The number of anilines is 2. The van der Waals surface area contributed by atoms with Gasteiger partial charge in [0.2, 0.25) is 0 Å². The van der Waals surface area contributed by atoms with Crippen molar-refractivity contribution in [3.63, 3.8) is 0 Å². The fraction of sp³-hybridized carbons (Fsp3) is 0.364. The van der Waals surface area contributed by atoms with Crippen molar-refractivity contribution in [1.29, 1.82) is 0 Å². The summed E-state index contributed by atoms with van der Waals surface area (Å²) < 4.78 is 22.4. The normalized spacial score (nSPS) is 13.0. The molecule has 0 radical (unpaired) electrons. The highest BCUT2D eigenvalue weighted by Gasteiger charge is 2.17. The summed E-state index contributed by atoms with van der Waals surface area (Å²) in [6.07, 6.45) is 1.13. The fourth-order valence-electron chi connectivity index (χ4n) is 1.71. The molecule has 6 nitrogen and oxygen atoms in total. The van der Waals surface area contributed by atoms with Crippen molar-refractivity contribution in [2.24, 2.45) is 5.73 Å². The van der Waals surface area contributed by atoms with E-state index in [1.807, 2.05) is 0 Å². The molecular formula is C11H16ClN3O3S. The van der Waals surface area contributed by atoms with Gasteiger partial charge in [-0.25, -0.2) is 8.42 Å². The largest absolute Gasteiger partial charge is 0.399 e. The van der Waals surface area contributed by atoms with Crippen LogP contribution in [0.1, 0.15) is 17.3 Å². The van der Waals surface area contributed by atoms with Crippen LogP contribution in [-0.2, 0) is 9.84 Å². The molecule has 1 unspecified atom stereocenters. The number of carbonyl (C=O) groups excluding carboxylic acids is 1. The summed E-state index contributed by atoms with van der Waals surface area (Å²) in [6, 6.07) is 2.43. The molecule has 19 heavy (non-hydrogen) atoms. The summed E-state index contributed by atoms with van der Waals surface area (Å²) in [5.74, 6) is -0.783. The van der Waals surface area contributed by atoms with Crippen LogP contribution in [0.15, 0.2) is 12.1 Å². The summed E-state index contributed by atoms with van der Waals surface area (Å²) in [5.41, 5.74) is 11.6. The number of benzene rings is 1. The van der Waals surface area contributed by atoms with Gasteiger partial charge in [0.1, 0.15) is 9.84 Å². The highest BCUT2D eigenvalue weighted by Crippen LogP contribution is 2.29. The minimum absolute atomic E-state index is 0.0914. The van der Waals surface area contributed by atoms with Gasteiger partial charge in [0, 0.05) is 18.0 Å². The predicted octanol–water partition coefficient (Wildman–Crippen LogP) is 0.866. The van der Waals surface area contributed by atoms with Crippen molar-refractivity contribution in [3.8, 4) is 0 Å². The second-order valence-electron chi connectivity index (χ2n) is 4.43. The number of nitrogens with one attached hydrogen (secondary N) is 1. The molecule has 0 bridgehead atoms. The van der Waals surface area contributed by atoms with Crippen molar-refractivity contribution in [2.45, 2.75) is 13.0 Å².